The Hall–Kier alpha value is -2.74. The molecule has 0 saturated carbocycles. The van der Waals surface area contributed by atoms with E-state index in [4.69, 9.17) is 5.73 Å². The maximum atomic E-state index is 13.3. The minimum Gasteiger partial charge on any atom is -0.397 e. The lowest BCUT2D eigenvalue weighted by molar-refractivity contribution is -0.388. The van der Waals surface area contributed by atoms with Crippen LogP contribution in [0.25, 0.3) is 0 Å². The highest BCUT2D eigenvalue weighted by Crippen LogP contribution is 2.43. The van der Waals surface area contributed by atoms with Crippen LogP contribution in [0.1, 0.15) is 37.3 Å². The van der Waals surface area contributed by atoms with Gasteiger partial charge in [0.05, 0.1) is 26.8 Å². The molecule has 3 rings (SSSR count). The van der Waals surface area contributed by atoms with Crippen LogP contribution < -0.4 is 5.73 Å². The Kier molecular flexibility index (Phi) is 4.53. The van der Waals surface area contributed by atoms with Gasteiger partial charge in [-0.3, -0.25) is 15.1 Å². The van der Waals surface area contributed by atoms with Crippen molar-refractivity contribution >= 4 is 33.1 Å². The van der Waals surface area contributed by atoms with Crippen LogP contribution in [0.3, 0.4) is 0 Å². The summed E-state index contributed by atoms with van der Waals surface area (Å²) in [6, 6.07) is 7.71. The number of nitrogens with two attached hydrogens (primary N) is 1. The second-order valence-corrected chi connectivity index (χ2v) is 8.33. The second kappa shape index (κ2) is 6.53. The van der Waals surface area contributed by atoms with Crippen molar-refractivity contribution in [2.24, 2.45) is 4.99 Å². The van der Waals surface area contributed by atoms with Crippen molar-refractivity contribution in [3.8, 4) is 0 Å². The first kappa shape index (κ1) is 18.1. The lowest BCUT2D eigenvalue weighted by Crippen LogP contribution is -2.13. The molecule has 0 unspecified atom stereocenters. The van der Waals surface area contributed by atoms with E-state index in [0.717, 1.165) is 6.07 Å². The average molecular weight is 373 g/mol. The zero-order valence-electron chi connectivity index (χ0n) is 14.5. The topological polar surface area (TPSA) is 116 Å². The van der Waals surface area contributed by atoms with E-state index in [1.54, 1.807) is 24.4 Å². The maximum Gasteiger partial charge on any atom is 0.293 e. The summed E-state index contributed by atoms with van der Waals surface area (Å²) >= 11 is 0. The molecule has 8 heteroatoms. The summed E-state index contributed by atoms with van der Waals surface area (Å²) in [6.45, 7) is 3.75. The molecule has 0 bridgehead atoms. The van der Waals surface area contributed by atoms with Crippen LogP contribution in [-0.4, -0.2) is 19.6 Å². The van der Waals surface area contributed by atoms with Crippen molar-refractivity contribution in [1.82, 2.24) is 0 Å². The predicted octanol–water partition coefficient (Wildman–Crippen LogP) is 3.78. The zero-order valence-corrected chi connectivity index (χ0v) is 15.3. The van der Waals surface area contributed by atoms with Gasteiger partial charge in [-0.1, -0.05) is 32.0 Å². The monoisotopic (exact) mass is 373 g/mol. The van der Waals surface area contributed by atoms with Crippen molar-refractivity contribution in [1.29, 1.82) is 0 Å². The molecule has 0 aromatic heterocycles. The Labute approximate surface area is 151 Å². The Morgan fingerprint density at radius 1 is 1.23 bits per heavy atom. The van der Waals surface area contributed by atoms with Gasteiger partial charge in [0.2, 0.25) is 9.84 Å². The number of nitrogen functional groups attached to an aromatic ring is 1. The van der Waals surface area contributed by atoms with Gasteiger partial charge in [0, 0.05) is 6.21 Å². The lowest BCUT2D eigenvalue weighted by Gasteiger charge is -2.17. The fourth-order valence-corrected chi connectivity index (χ4v) is 5.04. The van der Waals surface area contributed by atoms with Crippen LogP contribution in [0.2, 0.25) is 0 Å². The molecule has 26 heavy (non-hydrogen) atoms. The van der Waals surface area contributed by atoms with Crippen molar-refractivity contribution in [3.05, 3.63) is 51.6 Å². The summed E-state index contributed by atoms with van der Waals surface area (Å²) in [5, 5.41) is 11.8. The van der Waals surface area contributed by atoms with Crippen LogP contribution >= 0.6 is 0 Å². The Morgan fingerprint density at radius 2 is 1.92 bits per heavy atom. The smallest absolute Gasteiger partial charge is 0.293 e. The molecular formula is C18H19N3O4S. The maximum absolute atomic E-state index is 13.3. The Morgan fingerprint density at radius 3 is 2.58 bits per heavy atom. The summed E-state index contributed by atoms with van der Waals surface area (Å²) < 4.78 is 26.6. The number of rotatable bonds is 4. The normalized spacial score (nSPS) is 13.7. The number of nitro groups is 1. The highest BCUT2D eigenvalue weighted by atomic mass is 32.2. The third-order valence-electron chi connectivity index (χ3n) is 4.41. The average Bonchev–Trinajstić information content (AvgIpc) is 2.61. The van der Waals surface area contributed by atoms with Crippen LogP contribution in [0.4, 0.5) is 17.1 Å². The molecule has 2 aromatic rings. The molecule has 1 heterocycles. The van der Waals surface area contributed by atoms with Gasteiger partial charge in [0.1, 0.15) is 0 Å². The van der Waals surface area contributed by atoms with E-state index in [9.17, 15) is 18.5 Å². The zero-order chi connectivity index (χ0) is 19.1. The largest absolute Gasteiger partial charge is 0.397 e. The summed E-state index contributed by atoms with van der Waals surface area (Å²) in [5.41, 5.74) is 6.86. The van der Waals surface area contributed by atoms with E-state index in [2.05, 4.69) is 4.99 Å². The number of nitrogens with zero attached hydrogens (tertiary/aromatic N) is 2. The molecule has 0 atom stereocenters. The number of sulfone groups is 1. The van der Waals surface area contributed by atoms with E-state index in [1.165, 1.54) is 6.07 Å². The third kappa shape index (κ3) is 2.86. The fourth-order valence-electron chi connectivity index (χ4n) is 3.19. The minimum atomic E-state index is -4.12. The molecule has 1 aliphatic rings. The van der Waals surface area contributed by atoms with Gasteiger partial charge >= 0.3 is 0 Å². The third-order valence-corrected chi connectivity index (χ3v) is 6.25. The molecule has 0 radical (unpaired) electrons. The number of hydrogen-bond acceptors (Lipinski definition) is 6. The van der Waals surface area contributed by atoms with Crippen molar-refractivity contribution in [2.75, 3.05) is 5.73 Å². The predicted molar refractivity (Wildman–Crippen MR) is 100.0 cm³/mol. The Bertz CT molecular complexity index is 1030. The molecule has 1 aliphatic heterocycles. The molecule has 7 nitrogen and oxygen atoms in total. The van der Waals surface area contributed by atoms with Crippen LogP contribution in [0.5, 0.6) is 0 Å². The quantitative estimate of drug-likeness (QED) is 0.497. The van der Waals surface area contributed by atoms with Crippen molar-refractivity contribution < 1.29 is 13.3 Å². The van der Waals surface area contributed by atoms with Gasteiger partial charge in [-0.2, -0.15) is 0 Å². The summed E-state index contributed by atoms with van der Waals surface area (Å²) in [4.78, 5) is 14.9. The lowest BCUT2D eigenvalue weighted by atomic mass is 10.0. The van der Waals surface area contributed by atoms with Gasteiger partial charge in [-0.05, 0) is 36.5 Å². The molecule has 2 N–H and O–H groups in total. The second-order valence-electron chi connectivity index (χ2n) is 6.44. The van der Waals surface area contributed by atoms with Gasteiger partial charge < -0.3 is 5.73 Å². The molecule has 0 fully saturated rings. The van der Waals surface area contributed by atoms with Gasteiger partial charge in [0.15, 0.2) is 4.90 Å². The molecule has 2 aromatic carbocycles. The molecular weight excluding hydrogens is 354 g/mol. The molecule has 0 saturated heterocycles. The first-order chi connectivity index (χ1) is 12.2. The standard InChI is InChI=1S/C18H19N3O4S/c1-11(2)12-6-3-4-8-15(12)26(24,25)16-10-14(19)17-13(7-5-9-20-17)18(16)21(22)23/h3-4,6,8-11H,5,7,19H2,1-2H3. The van der Waals surface area contributed by atoms with E-state index in [0.29, 0.717) is 24.1 Å². The van der Waals surface area contributed by atoms with E-state index in [1.807, 2.05) is 13.8 Å². The molecule has 0 spiro atoms. The molecule has 0 amide bonds. The van der Waals surface area contributed by atoms with Crippen LogP contribution in [0.15, 0.2) is 45.1 Å². The summed E-state index contributed by atoms with van der Waals surface area (Å²) in [5.74, 6) is -0.0559. The number of hydrogen-bond donors (Lipinski definition) is 1. The molecule has 0 aliphatic carbocycles. The first-order valence-corrected chi connectivity index (χ1v) is 9.69. The van der Waals surface area contributed by atoms with Crippen LogP contribution in [0, 0.1) is 10.1 Å². The van der Waals surface area contributed by atoms with Crippen LogP contribution in [-0.2, 0) is 16.3 Å². The summed E-state index contributed by atoms with van der Waals surface area (Å²) in [6.07, 6.45) is 2.46. The number of benzene rings is 2. The van der Waals surface area contributed by atoms with Gasteiger partial charge in [0.25, 0.3) is 5.69 Å². The first-order valence-electron chi connectivity index (χ1n) is 8.21. The molecule has 136 valence electrons. The highest BCUT2D eigenvalue weighted by Gasteiger charge is 2.35. The van der Waals surface area contributed by atoms with Crippen molar-refractivity contribution in [2.45, 2.75) is 42.4 Å². The number of anilines is 1. The SMILES string of the molecule is CC(C)c1ccccc1S(=O)(=O)c1cc(N)c2c(c1[N+](=O)[O-])CCC=N2. The fraction of sp³-hybridized carbons (Fsp3) is 0.278. The van der Waals surface area contributed by atoms with Gasteiger partial charge in [-0.25, -0.2) is 8.42 Å². The Balaban J connectivity index is 2.36. The van der Waals surface area contributed by atoms with Gasteiger partial charge in [-0.15, -0.1) is 0 Å². The number of nitro benzene ring substituents is 1. The highest BCUT2D eigenvalue weighted by molar-refractivity contribution is 7.91. The number of aliphatic imine (C=N–C) groups is 1. The van der Waals surface area contributed by atoms with Crippen molar-refractivity contribution in [3.63, 3.8) is 0 Å². The van der Waals surface area contributed by atoms with E-state index >= 15 is 0 Å². The number of fused-ring (bicyclic) bond motifs is 1. The summed E-state index contributed by atoms with van der Waals surface area (Å²) in [7, 11) is -4.12. The van der Waals surface area contributed by atoms with E-state index < -0.39 is 20.4 Å². The van der Waals surface area contributed by atoms with E-state index in [-0.39, 0.29) is 27.0 Å². The minimum absolute atomic E-state index is 0.0559.